The molecule has 3 amide bonds. The number of alkyl carbamates (subject to hydrolysis) is 1. The molecule has 5 heterocycles. The van der Waals surface area contributed by atoms with E-state index in [1.165, 1.54) is 7.11 Å². The molecule has 3 aliphatic rings. The highest BCUT2D eigenvalue weighted by Crippen LogP contribution is 2.52. The first kappa shape index (κ1) is 37.3. The molecular formula is C43H51N7O6. The minimum absolute atomic E-state index is 0.127. The molecule has 0 spiro atoms. The number of rotatable bonds is 6. The lowest BCUT2D eigenvalue weighted by Gasteiger charge is -2.45. The Morgan fingerprint density at radius 2 is 1.82 bits per heavy atom. The van der Waals surface area contributed by atoms with Gasteiger partial charge in [-0.2, -0.15) is 0 Å². The fourth-order valence-corrected chi connectivity index (χ4v) is 9.41. The zero-order chi connectivity index (χ0) is 39.8. The molecule has 2 saturated heterocycles. The van der Waals surface area contributed by atoms with Gasteiger partial charge in [-0.05, 0) is 82.4 Å². The van der Waals surface area contributed by atoms with Crippen molar-refractivity contribution in [2.24, 2.45) is 23.2 Å². The number of fused-ring (bicyclic) bond motifs is 6. The molecule has 5 atom stereocenters. The lowest BCUT2D eigenvalue weighted by atomic mass is 9.70. The number of likely N-dealkylation sites (tertiary alicyclic amines) is 2. The molecule has 4 N–H and O–H groups in total. The Balaban J connectivity index is 1.10. The van der Waals surface area contributed by atoms with Crippen molar-refractivity contribution < 1.29 is 29.0 Å². The molecule has 8 rings (SSSR count). The summed E-state index contributed by atoms with van der Waals surface area (Å²) in [4.78, 5) is 58.9. The Morgan fingerprint density at radius 1 is 1.04 bits per heavy atom. The predicted molar refractivity (Wildman–Crippen MR) is 213 cm³/mol. The first-order valence-corrected chi connectivity index (χ1v) is 19.5. The van der Waals surface area contributed by atoms with E-state index in [4.69, 9.17) is 19.4 Å². The number of imidazole rings is 2. The first-order chi connectivity index (χ1) is 26.6. The molecule has 13 nitrogen and oxygen atoms in total. The standard InChI is InChI=1S/C43H51N7O6/c1-22(2)35(48-40(52)55-8)38(51)49-19-23(3)13-33(49)37-45-31-12-10-25-15-30-28-11-9-26(14-27(28)21-56-34(30)16-29(25)36(31)47-37)32-18-44-39(46-32)43(42(5,6)7)17-24(4)20-50(43)41(53)54/h9-12,14-16,18,22-24,33,35H,13,17,19-21H2,1-8H3,(H,44,46)(H,45,47)(H,48,52)(H,53,54)/t23-,24-,33-,35-,43+/m0/s1. The fourth-order valence-electron chi connectivity index (χ4n) is 9.41. The molecule has 0 saturated carbocycles. The van der Waals surface area contributed by atoms with Gasteiger partial charge in [0.2, 0.25) is 5.91 Å². The van der Waals surface area contributed by atoms with E-state index >= 15 is 0 Å². The van der Waals surface area contributed by atoms with Crippen LogP contribution in [0.3, 0.4) is 0 Å². The third-order valence-corrected chi connectivity index (χ3v) is 12.2. The highest BCUT2D eigenvalue weighted by Gasteiger charge is 2.57. The maximum atomic E-state index is 13.9. The lowest BCUT2D eigenvalue weighted by Crippen LogP contribution is -2.53. The van der Waals surface area contributed by atoms with Gasteiger partial charge in [-0.15, -0.1) is 0 Å². The van der Waals surface area contributed by atoms with Crippen molar-refractivity contribution in [3.8, 4) is 28.1 Å². The van der Waals surface area contributed by atoms with Crippen molar-refractivity contribution in [1.29, 1.82) is 0 Å². The van der Waals surface area contributed by atoms with Gasteiger partial charge in [-0.3, -0.25) is 9.69 Å². The number of amides is 3. The van der Waals surface area contributed by atoms with Gasteiger partial charge in [0.1, 0.15) is 35.6 Å². The minimum atomic E-state index is -0.930. The van der Waals surface area contributed by atoms with E-state index in [-0.39, 0.29) is 35.1 Å². The van der Waals surface area contributed by atoms with Crippen LogP contribution in [0, 0.1) is 23.2 Å². The average Bonchev–Trinajstić information content (AvgIpc) is 3.97. The van der Waals surface area contributed by atoms with Crippen LogP contribution < -0.4 is 10.1 Å². The summed E-state index contributed by atoms with van der Waals surface area (Å²) in [5, 5.41) is 14.9. The quantitative estimate of drug-likeness (QED) is 0.134. The number of H-pyrrole nitrogens is 2. The Morgan fingerprint density at radius 3 is 2.54 bits per heavy atom. The topological polar surface area (TPSA) is 166 Å². The van der Waals surface area contributed by atoms with Crippen LogP contribution in [-0.4, -0.2) is 79.2 Å². The van der Waals surface area contributed by atoms with Crippen molar-refractivity contribution in [2.45, 2.75) is 85.5 Å². The zero-order valence-corrected chi connectivity index (χ0v) is 33.3. The molecule has 0 bridgehead atoms. The van der Waals surface area contributed by atoms with E-state index in [1.807, 2.05) is 31.0 Å². The van der Waals surface area contributed by atoms with E-state index < -0.39 is 23.8 Å². The van der Waals surface area contributed by atoms with Gasteiger partial charge in [0.15, 0.2) is 0 Å². The van der Waals surface area contributed by atoms with Crippen LogP contribution in [0.25, 0.3) is 44.2 Å². The van der Waals surface area contributed by atoms with Crippen LogP contribution in [0.15, 0.2) is 48.7 Å². The third kappa shape index (κ3) is 6.02. The second kappa shape index (κ2) is 13.6. The van der Waals surface area contributed by atoms with Crippen LogP contribution in [0.4, 0.5) is 9.59 Å². The summed E-state index contributed by atoms with van der Waals surface area (Å²) in [6.07, 6.45) is 1.69. The van der Waals surface area contributed by atoms with Crippen LogP contribution in [0.1, 0.15) is 84.6 Å². The zero-order valence-electron chi connectivity index (χ0n) is 33.3. The molecule has 3 aliphatic heterocycles. The number of methoxy groups -OCH3 is 1. The first-order valence-electron chi connectivity index (χ1n) is 19.5. The number of ether oxygens (including phenoxy) is 2. The summed E-state index contributed by atoms with van der Waals surface area (Å²) in [7, 11) is 1.30. The Hall–Kier alpha value is -5.59. The van der Waals surface area contributed by atoms with E-state index in [2.05, 4.69) is 86.3 Å². The normalized spacial score (nSPS) is 22.6. The van der Waals surface area contributed by atoms with Gasteiger partial charge in [0.25, 0.3) is 0 Å². The molecule has 0 aliphatic carbocycles. The average molecular weight is 762 g/mol. The second-order valence-corrected chi connectivity index (χ2v) is 17.5. The van der Waals surface area contributed by atoms with E-state index in [0.29, 0.717) is 31.9 Å². The Labute approximate surface area is 326 Å². The number of carboxylic acid groups (broad SMARTS) is 1. The van der Waals surface area contributed by atoms with Crippen LogP contribution in [0.2, 0.25) is 0 Å². The number of nitrogens with zero attached hydrogens (tertiary/aromatic N) is 4. The maximum Gasteiger partial charge on any atom is 0.408 e. The van der Waals surface area contributed by atoms with Gasteiger partial charge in [0.05, 0.1) is 36.1 Å². The van der Waals surface area contributed by atoms with Crippen LogP contribution >= 0.6 is 0 Å². The highest BCUT2D eigenvalue weighted by atomic mass is 16.5. The smallest absolute Gasteiger partial charge is 0.408 e. The van der Waals surface area contributed by atoms with Gasteiger partial charge in [0, 0.05) is 24.0 Å². The van der Waals surface area contributed by atoms with E-state index in [0.717, 1.165) is 67.7 Å². The highest BCUT2D eigenvalue weighted by molar-refractivity contribution is 6.07. The fraction of sp³-hybridized carbons (Fsp3) is 0.465. The molecule has 0 radical (unpaired) electrons. The molecular weight excluding hydrogens is 711 g/mol. The van der Waals surface area contributed by atoms with E-state index in [9.17, 15) is 19.5 Å². The molecule has 13 heteroatoms. The predicted octanol–water partition coefficient (Wildman–Crippen LogP) is 8.22. The number of hydrogen-bond donors (Lipinski definition) is 4. The number of nitrogens with one attached hydrogen (secondary N) is 3. The molecule has 0 unspecified atom stereocenters. The van der Waals surface area contributed by atoms with Crippen molar-refractivity contribution in [1.82, 2.24) is 35.1 Å². The number of benzene rings is 3. The summed E-state index contributed by atoms with van der Waals surface area (Å²) in [6.45, 7) is 15.7. The minimum Gasteiger partial charge on any atom is -0.488 e. The SMILES string of the molecule is COC(=O)N[C@H](C(=O)N1C[C@@H](C)C[C@H]1c1nc2c(ccc3cc4c(cc32)OCc2cc(-c3cnc([C@@]5(C(C)(C)C)C[C@H](C)CN5C(=O)O)[nH]3)ccc2-4)[nH]1)C(C)C. The van der Waals surface area contributed by atoms with Crippen LogP contribution in [-0.2, 0) is 21.7 Å². The van der Waals surface area contributed by atoms with Crippen LogP contribution in [0.5, 0.6) is 5.75 Å². The molecule has 294 valence electrons. The summed E-state index contributed by atoms with van der Waals surface area (Å²) < 4.78 is 11.2. The van der Waals surface area contributed by atoms with Gasteiger partial charge in [-0.25, -0.2) is 19.6 Å². The molecule has 3 aromatic carbocycles. The number of carbonyl (C=O) groups is 3. The third-order valence-electron chi connectivity index (χ3n) is 12.2. The molecule has 2 aromatic heterocycles. The number of aromatic nitrogens is 4. The summed E-state index contributed by atoms with van der Waals surface area (Å²) in [6, 6.07) is 13.7. The molecule has 2 fully saturated rings. The van der Waals surface area contributed by atoms with E-state index in [1.54, 1.807) is 4.90 Å². The van der Waals surface area contributed by atoms with Gasteiger partial charge >= 0.3 is 12.2 Å². The van der Waals surface area contributed by atoms with Gasteiger partial charge in [-0.1, -0.05) is 66.7 Å². The monoisotopic (exact) mass is 761 g/mol. The Bertz CT molecular complexity index is 2380. The largest absolute Gasteiger partial charge is 0.488 e. The second-order valence-electron chi connectivity index (χ2n) is 17.5. The molecule has 5 aromatic rings. The summed E-state index contributed by atoms with van der Waals surface area (Å²) in [5.74, 6) is 2.35. The molecule has 56 heavy (non-hydrogen) atoms. The van der Waals surface area contributed by atoms with Crippen molar-refractivity contribution >= 4 is 39.9 Å². The van der Waals surface area contributed by atoms with Crippen molar-refractivity contribution in [3.05, 3.63) is 65.9 Å². The summed E-state index contributed by atoms with van der Waals surface area (Å²) in [5.41, 5.74) is 5.42. The number of aromatic amines is 2. The number of carbonyl (C=O) groups excluding carboxylic acids is 2. The Kier molecular flexibility index (Phi) is 9.04. The maximum absolute atomic E-state index is 13.9. The van der Waals surface area contributed by atoms with Gasteiger partial charge < -0.3 is 34.8 Å². The lowest BCUT2D eigenvalue weighted by molar-refractivity contribution is -0.135. The van der Waals surface area contributed by atoms with Crippen molar-refractivity contribution in [3.63, 3.8) is 0 Å². The van der Waals surface area contributed by atoms with Crippen molar-refractivity contribution in [2.75, 3.05) is 20.2 Å². The number of hydrogen-bond acceptors (Lipinski definition) is 7. The summed E-state index contributed by atoms with van der Waals surface area (Å²) >= 11 is 0.